The summed E-state index contributed by atoms with van der Waals surface area (Å²) in [5, 5.41) is 4.29. The zero-order valence-electron chi connectivity index (χ0n) is 13.9. The molecule has 124 valence electrons. The van der Waals surface area contributed by atoms with Crippen LogP contribution in [0.25, 0.3) is 10.9 Å². The third-order valence-corrected chi connectivity index (χ3v) is 3.93. The average molecular weight is 324 g/mol. The van der Waals surface area contributed by atoms with Crippen molar-refractivity contribution in [3.05, 3.63) is 48.3 Å². The van der Waals surface area contributed by atoms with E-state index in [0.29, 0.717) is 11.5 Å². The number of nitrogens with one attached hydrogen (secondary N) is 1. The number of benzene rings is 2. The number of nitrogen functional groups attached to an aromatic ring is 1. The van der Waals surface area contributed by atoms with Gasteiger partial charge < -0.3 is 20.5 Å². The highest BCUT2D eigenvalue weighted by molar-refractivity contribution is 5.91. The van der Waals surface area contributed by atoms with Crippen molar-refractivity contribution in [2.45, 2.75) is 13.0 Å². The molecule has 0 saturated heterocycles. The Balaban J connectivity index is 1.98. The monoisotopic (exact) mass is 324 g/mol. The Hall–Kier alpha value is -3.02. The summed E-state index contributed by atoms with van der Waals surface area (Å²) in [6.07, 6.45) is 1.53. The highest BCUT2D eigenvalue weighted by Gasteiger charge is 2.13. The molecule has 6 nitrogen and oxygen atoms in total. The molecule has 2 aromatic carbocycles. The minimum absolute atomic E-state index is 0.0665. The van der Waals surface area contributed by atoms with Crippen molar-refractivity contribution in [3.8, 4) is 11.5 Å². The Morgan fingerprint density at radius 3 is 2.33 bits per heavy atom. The predicted molar refractivity (Wildman–Crippen MR) is 95.5 cm³/mol. The predicted octanol–water partition coefficient (Wildman–Crippen LogP) is 3.40. The highest BCUT2D eigenvalue weighted by atomic mass is 16.5. The van der Waals surface area contributed by atoms with Crippen LogP contribution in [0.4, 0.5) is 11.5 Å². The number of hydrogen-bond acceptors (Lipinski definition) is 6. The summed E-state index contributed by atoms with van der Waals surface area (Å²) in [7, 11) is 3.21. The number of nitrogens with zero attached hydrogens (tertiary/aromatic N) is 2. The first-order chi connectivity index (χ1) is 11.6. The van der Waals surface area contributed by atoms with E-state index < -0.39 is 0 Å². The SMILES string of the molecule is COc1cc2ncnc(NC(C)c3ccc(N)cc3)c2cc1OC. The van der Waals surface area contributed by atoms with Crippen molar-refractivity contribution in [2.75, 3.05) is 25.3 Å². The summed E-state index contributed by atoms with van der Waals surface area (Å²) in [4.78, 5) is 8.69. The van der Waals surface area contributed by atoms with Crippen molar-refractivity contribution in [2.24, 2.45) is 0 Å². The van der Waals surface area contributed by atoms with E-state index in [0.717, 1.165) is 28.0 Å². The largest absolute Gasteiger partial charge is 0.493 e. The van der Waals surface area contributed by atoms with E-state index in [1.54, 1.807) is 14.2 Å². The number of rotatable bonds is 5. The van der Waals surface area contributed by atoms with E-state index in [9.17, 15) is 0 Å². The van der Waals surface area contributed by atoms with Crippen LogP contribution in [0.5, 0.6) is 11.5 Å². The summed E-state index contributed by atoms with van der Waals surface area (Å²) in [6.45, 7) is 2.07. The molecule has 3 N–H and O–H groups in total. The minimum Gasteiger partial charge on any atom is -0.493 e. The normalized spacial score (nSPS) is 12.0. The maximum Gasteiger partial charge on any atom is 0.162 e. The fraction of sp³-hybridized carbons (Fsp3) is 0.222. The third-order valence-electron chi connectivity index (χ3n) is 3.93. The van der Waals surface area contributed by atoms with Gasteiger partial charge in [-0.15, -0.1) is 0 Å². The lowest BCUT2D eigenvalue weighted by atomic mass is 10.1. The van der Waals surface area contributed by atoms with Crippen LogP contribution in [0, 0.1) is 0 Å². The van der Waals surface area contributed by atoms with Crippen molar-refractivity contribution in [1.29, 1.82) is 0 Å². The smallest absolute Gasteiger partial charge is 0.162 e. The molecular formula is C18H20N4O2. The van der Waals surface area contributed by atoms with Gasteiger partial charge in [0.25, 0.3) is 0 Å². The van der Waals surface area contributed by atoms with E-state index >= 15 is 0 Å². The molecule has 1 aromatic heterocycles. The van der Waals surface area contributed by atoms with Gasteiger partial charge in [0.15, 0.2) is 11.5 Å². The quantitative estimate of drug-likeness (QED) is 0.700. The van der Waals surface area contributed by atoms with E-state index in [1.165, 1.54) is 6.33 Å². The number of nitrogens with two attached hydrogens (primary N) is 1. The molecule has 0 aliphatic carbocycles. The zero-order chi connectivity index (χ0) is 17.1. The Bertz CT molecular complexity index is 850. The van der Waals surface area contributed by atoms with Gasteiger partial charge in [0.1, 0.15) is 12.1 Å². The summed E-state index contributed by atoms with van der Waals surface area (Å²) < 4.78 is 10.7. The molecule has 0 fully saturated rings. The van der Waals surface area contributed by atoms with Gasteiger partial charge in [0.2, 0.25) is 0 Å². The number of fused-ring (bicyclic) bond motifs is 1. The first-order valence-corrected chi connectivity index (χ1v) is 7.61. The molecule has 0 saturated carbocycles. The maximum atomic E-state index is 5.75. The van der Waals surface area contributed by atoms with Crippen LogP contribution >= 0.6 is 0 Å². The van der Waals surface area contributed by atoms with Gasteiger partial charge in [-0.3, -0.25) is 0 Å². The van der Waals surface area contributed by atoms with E-state index in [2.05, 4.69) is 22.2 Å². The third kappa shape index (κ3) is 3.03. The van der Waals surface area contributed by atoms with Gasteiger partial charge >= 0.3 is 0 Å². The molecule has 0 radical (unpaired) electrons. The summed E-state index contributed by atoms with van der Waals surface area (Å²) in [6, 6.07) is 11.6. The molecule has 0 amide bonds. The topological polar surface area (TPSA) is 82.3 Å². The minimum atomic E-state index is 0.0665. The molecule has 1 unspecified atom stereocenters. The summed E-state index contributed by atoms with van der Waals surface area (Å²) in [5.74, 6) is 2.02. The standard InChI is InChI=1S/C18H20N4O2/c1-11(12-4-6-13(19)7-5-12)22-18-14-8-16(23-2)17(24-3)9-15(14)20-10-21-18/h4-11H,19H2,1-3H3,(H,20,21,22). The molecule has 1 heterocycles. The Morgan fingerprint density at radius 2 is 1.67 bits per heavy atom. The molecule has 3 aromatic rings. The second kappa shape index (κ2) is 6.62. The molecule has 0 aliphatic rings. The zero-order valence-corrected chi connectivity index (χ0v) is 13.9. The molecule has 24 heavy (non-hydrogen) atoms. The van der Waals surface area contributed by atoms with Gasteiger partial charge in [-0.05, 0) is 30.7 Å². The van der Waals surface area contributed by atoms with Gasteiger partial charge in [0.05, 0.1) is 19.7 Å². The van der Waals surface area contributed by atoms with E-state index in [1.807, 2.05) is 36.4 Å². The number of ether oxygens (including phenoxy) is 2. The summed E-state index contributed by atoms with van der Waals surface area (Å²) in [5.41, 5.74) is 8.40. The van der Waals surface area contributed by atoms with E-state index in [4.69, 9.17) is 15.2 Å². The van der Waals surface area contributed by atoms with Crippen molar-refractivity contribution in [1.82, 2.24) is 9.97 Å². The number of hydrogen-bond donors (Lipinski definition) is 2. The van der Waals surface area contributed by atoms with Crippen LogP contribution in [-0.2, 0) is 0 Å². The molecule has 3 rings (SSSR count). The fourth-order valence-corrected chi connectivity index (χ4v) is 2.57. The van der Waals surface area contributed by atoms with Crippen molar-refractivity contribution < 1.29 is 9.47 Å². The van der Waals surface area contributed by atoms with Gasteiger partial charge in [-0.25, -0.2) is 9.97 Å². The second-order valence-corrected chi connectivity index (χ2v) is 5.48. The maximum absolute atomic E-state index is 5.75. The van der Waals surface area contributed by atoms with E-state index in [-0.39, 0.29) is 6.04 Å². The lowest BCUT2D eigenvalue weighted by Crippen LogP contribution is -2.09. The lowest BCUT2D eigenvalue weighted by molar-refractivity contribution is 0.356. The molecule has 0 bridgehead atoms. The fourth-order valence-electron chi connectivity index (χ4n) is 2.57. The Labute approximate surface area is 140 Å². The molecule has 1 atom stereocenters. The van der Waals surface area contributed by atoms with Crippen molar-refractivity contribution in [3.63, 3.8) is 0 Å². The Morgan fingerprint density at radius 1 is 1.00 bits per heavy atom. The molecule has 6 heteroatoms. The van der Waals surface area contributed by atoms with Crippen LogP contribution in [0.1, 0.15) is 18.5 Å². The van der Waals surface area contributed by atoms with Gasteiger partial charge in [0, 0.05) is 23.2 Å². The molecule has 0 aliphatic heterocycles. The van der Waals surface area contributed by atoms with Crippen LogP contribution in [0.15, 0.2) is 42.7 Å². The first-order valence-electron chi connectivity index (χ1n) is 7.61. The second-order valence-electron chi connectivity index (χ2n) is 5.48. The highest BCUT2D eigenvalue weighted by Crippen LogP contribution is 2.34. The first kappa shape index (κ1) is 15.9. The number of methoxy groups -OCH3 is 2. The average Bonchev–Trinajstić information content (AvgIpc) is 2.61. The Kier molecular flexibility index (Phi) is 4.37. The molecular weight excluding hydrogens is 304 g/mol. The lowest BCUT2D eigenvalue weighted by Gasteiger charge is -2.17. The van der Waals surface area contributed by atoms with Crippen LogP contribution in [-0.4, -0.2) is 24.2 Å². The number of aromatic nitrogens is 2. The van der Waals surface area contributed by atoms with Crippen LogP contribution < -0.4 is 20.5 Å². The van der Waals surface area contributed by atoms with Gasteiger partial charge in [-0.1, -0.05) is 12.1 Å². The molecule has 0 spiro atoms. The van der Waals surface area contributed by atoms with Crippen molar-refractivity contribution >= 4 is 22.4 Å². The summed E-state index contributed by atoms with van der Waals surface area (Å²) >= 11 is 0. The van der Waals surface area contributed by atoms with Gasteiger partial charge in [-0.2, -0.15) is 0 Å². The number of anilines is 2. The van der Waals surface area contributed by atoms with Crippen LogP contribution in [0.2, 0.25) is 0 Å². The van der Waals surface area contributed by atoms with Crippen LogP contribution in [0.3, 0.4) is 0 Å².